The highest BCUT2D eigenvalue weighted by Crippen LogP contribution is 2.18. The van der Waals surface area contributed by atoms with E-state index < -0.39 is 0 Å². The zero-order valence-corrected chi connectivity index (χ0v) is 13.2. The summed E-state index contributed by atoms with van der Waals surface area (Å²) in [6.45, 7) is 2.35. The Kier molecular flexibility index (Phi) is 6.33. The van der Waals surface area contributed by atoms with Gasteiger partial charge in [-0.05, 0) is 48.4 Å². The van der Waals surface area contributed by atoms with Crippen molar-refractivity contribution in [2.75, 3.05) is 7.11 Å². The third-order valence-corrected chi connectivity index (χ3v) is 4.00. The fourth-order valence-electron chi connectivity index (χ4n) is 2.73. The molecule has 0 aliphatic carbocycles. The minimum Gasteiger partial charge on any atom is -0.497 e. The number of hydrogen-bond donors (Lipinski definition) is 0. The molecule has 0 radical (unpaired) electrons. The molecule has 0 heterocycles. The van der Waals surface area contributed by atoms with E-state index in [4.69, 9.17) is 4.74 Å². The Balaban J connectivity index is 1.66. The van der Waals surface area contributed by atoms with E-state index in [1.165, 1.54) is 36.8 Å². The van der Waals surface area contributed by atoms with Crippen LogP contribution in [0, 0.1) is 5.92 Å². The molecule has 0 amide bonds. The van der Waals surface area contributed by atoms with Crippen LogP contribution >= 0.6 is 0 Å². The highest BCUT2D eigenvalue weighted by atomic mass is 16.5. The van der Waals surface area contributed by atoms with Gasteiger partial charge in [0.2, 0.25) is 0 Å². The van der Waals surface area contributed by atoms with Crippen LogP contribution in [-0.2, 0) is 12.8 Å². The molecular weight excluding hydrogens is 256 g/mol. The molecule has 0 fully saturated rings. The lowest BCUT2D eigenvalue weighted by Gasteiger charge is -2.12. The molecule has 0 aliphatic heterocycles. The second kappa shape index (κ2) is 8.51. The lowest BCUT2D eigenvalue weighted by Crippen LogP contribution is -2.00. The van der Waals surface area contributed by atoms with Crippen molar-refractivity contribution >= 4 is 0 Å². The van der Waals surface area contributed by atoms with E-state index in [2.05, 4.69) is 61.5 Å². The quantitative estimate of drug-likeness (QED) is 0.598. The molecule has 1 heteroatoms. The molecule has 0 saturated heterocycles. The zero-order chi connectivity index (χ0) is 14.9. The van der Waals surface area contributed by atoms with E-state index in [0.717, 1.165) is 18.1 Å². The number of ether oxygens (including phenoxy) is 1. The molecular formula is C20H26O. The number of rotatable bonds is 8. The van der Waals surface area contributed by atoms with Crippen LogP contribution in [0.25, 0.3) is 0 Å². The first-order valence-corrected chi connectivity index (χ1v) is 7.95. The standard InChI is InChI=1S/C20H26O/c1-17(16-19-12-14-20(21-2)15-13-19)8-6-7-11-18-9-4-3-5-10-18/h3-5,9-10,12-15,17H,6-8,11,16H2,1-2H3. The maximum atomic E-state index is 5.20. The molecule has 21 heavy (non-hydrogen) atoms. The van der Waals surface area contributed by atoms with Gasteiger partial charge in [-0.2, -0.15) is 0 Å². The second-order valence-corrected chi connectivity index (χ2v) is 5.89. The summed E-state index contributed by atoms with van der Waals surface area (Å²) in [7, 11) is 1.71. The van der Waals surface area contributed by atoms with Crippen LogP contribution in [-0.4, -0.2) is 7.11 Å². The smallest absolute Gasteiger partial charge is 0.118 e. The Morgan fingerprint density at radius 1 is 0.857 bits per heavy atom. The van der Waals surface area contributed by atoms with Crippen LogP contribution in [0.15, 0.2) is 54.6 Å². The summed E-state index contributed by atoms with van der Waals surface area (Å²) in [6.07, 6.45) is 6.27. The molecule has 2 rings (SSSR count). The average molecular weight is 282 g/mol. The summed E-state index contributed by atoms with van der Waals surface area (Å²) >= 11 is 0. The molecule has 0 spiro atoms. The van der Waals surface area contributed by atoms with Gasteiger partial charge in [0.05, 0.1) is 7.11 Å². The molecule has 2 aromatic carbocycles. The lowest BCUT2D eigenvalue weighted by molar-refractivity contribution is 0.414. The summed E-state index contributed by atoms with van der Waals surface area (Å²) < 4.78 is 5.20. The van der Waals surface area contributed by atoms with E-state index >= 15 is 0 Å². The van der Waals surface area contributed by atoms with Gasteiger partial charge in [-0.3, -0.25) is 0 Å². The molecule has 0 aliphatic rings. The summed E-state index contributed by atoms with van der Waals surface area (Å²) in [4.78, 5) is 0. The summed E-state index contributed by atoms with van der Waals surface area (Å²) in [5.41, 5.74) is 2.87. The average Bonchev–Trinajstić information content (AvgIpc) is 2.53. The fraction of sp³-hybridized carbons (Fsp3) is 0.400. The fourth-order valence-corrected chi connectivity index (χ4v) is 2.73. The predicted molar refractivity (Wildman–Crippen MR) is 89.9 cm³/mol. The van der Waals surface area contributed by atoms with Gasteiger partial charge in [0.25, 0.3) is 0 Å². The van der Waals surface area contributed by atoms with Gasteiger partial charge in [0, 0.05) is 0 Å². The van der Waals surface area contributed by atoms with Gasteiger partial charge in [-0.15, -0.1) is 0 Å². The monoisotopic (exact) mass is 282 g/mol. The molecule has 2 aromatic rings. The van der Waals surface area contributed by atoms with E-state index in [9.17, 15) is 0 Å². The molecule has 1 atom stereocenters. The third-order valence-electron chi connectivity index (χ3n) is 4.00. The summed E-state index contributed by atoms with van der Waals surface area (Å²) in [5, 5.41) is 0. The van der Waals surface area contributed by atoms with Gasteiger partial charge in [-0.25, -0.2) is 0 Å². The van der Waals surface area contributed by atoms with Gasteiger partial charge in [0.1, 0.15) is 5.75 Å². The number of methoxy groups -OCH3 is 1. The number of hydrogen-bond acceptors (Lipinski definition) is 1. The minimum atomic E-state index is 0.745. The van der Waals surface area contributed by atoms with Crippen molar-refractivity contribution in [3.63, 3.8) is 0 Å². The lowest BCUT2D eigenvalue weighted by atomic mass is 9.95. The molecule has 1 nitrogen and oxygen atoms in total. The second-order valence-electron chi connectivity index (χ2n) is 5.89. The van der Waals surface area contributed by atoms with Crippen molar-refractivity contribution in [3.05, 3.63) is 65.7 Å². The van der Waals surface area contributed by atoms with Gasteiger partial charge < -0.3 is 4.74 Å². The number of aryl methyl sites for hydroxylation is 1. The van der Waals surface area contributed by atoms with Crippen LogP contribution < -0.4 is 4.74 Å². The van der Waals surface area contributed by atoms with E-state index in [1.54, 1.807) is 7.11 Å². The normalized spacial score (nSPS) is 12.1. The van der Waals surface area contributed by atoms with Gasteiger partial charge in [-0.1, -0.05) is 62.2 Å². The Hall–Kier alpha value is -1.76. The van der Waals surface area contributed by atoms with E-state index in [0.29, 0.717) is 0 Å². The third kappa shape index (κ3) is 5.63. The molecule has 0 aromatic heterocycles. The van der Waals surface area contributed by atoms with E-state index in [1.807, 2.05) is 0 Å². The highest BCUT2D eigenvalue weighted by molar-refractivity contribution is 5.27. The van der Waals surface area contributed by atoms with Gasteiger partial charge >= 0.3 is 0 Å². The molecule has 0 bridgehead atoms. The van der Waals surface area contributed by atoms with Crippen molar-refractivity contribution in [2.45, 2.75) is 39.0 Å². The maximum absolute atomic E-state index is 5.20. The Morgan fingerprint density at radius 2 is 1.57 bits per heavy atom. The first kappa shape index (κ1) is 15.6. The van der Waals surface area contributed by atoms with Crippen molar-refractivity contribution < 1.29 is 4.74 Å². The molecule has 1 unspecified atom stereocenters. The SMILES string of the molecule is COc1ccc(CC(C)CCCCc2ccccc2)cc1. The van der Waals surface area contributed by atoms with E-state index in [-0.39, 0.29) is 0 Å². The Labute approximate surface area is 129 Å². The van der Waals surface area contributed by atoms with Crippen molar-refractivity contribution in [1.82, 2.24) is 0 Å². The highest BCUT2D eigenvalue weighted by Gasteiger charge is 2.04. The maximum Gasteiger partial charge on any atom is 0.118 e. The molecule has 112 valence electrons. The van der Waals surface area contributed by atoms with Crippen LogP contribution in [0.4, 0.5) is 0 Å². The van der Waals surface area contributed by atoms with Crippen molar-refractivity contribution in [3.8, 4) is 5.75 Å². The minimum absolute atomic E-state index is 0.745. The first-order valence-electron chi connectivity index (χ1n) is 7.95. The Morgan fingerprint density at radius 3 is 2.24 bits per heavy atom. The van der Waals surface area contributed by atoms with Crippen LogP contribution in [0.3, 0.4) is 0 Å². The predicted octanol–water partition coefficient (Wildman–Crippen LogP) is 5.29. The summed E-state index contributed by atoms with van der Waals surface area (Å²) in [5.74, 6) is 1.68. The summed E-state index contributed by atoms with van der Waals surface area (Å²) in [6, 6.07) is 19.2. The van der Waals surface area contributed by atoms with Crippen molar-refractivity contribution in [1.29, 1.82) is 0 Å². The van der Waals surface area contributed by atoms with Gasteiger partial charge in [0.15, 0.2) is 0 Å². The zero-order valence-electron chi connectivity index (χ0n) is 13.2. The first-order chi connectivity index (χ1) is 10.3. The van der Waals surface area contributed by atoms with Crippen molar-refractivity contribution in [2.24, 2.45) is 5.92 Å². The topological polar surface area (TPSA) is 9.23 Å². The number of benzene rings is 2. The largest absolute Gasteiger partial charge is 0.497 e. The number of unbranched alkanes of at least 4 members (excludes halogenated alkanes) is 1. The molecule has 0 N–H and O–H groups in total. The van der Waals surface area contributed by atoms with Crippen LogP contribution in [0.1, 0.15) is 37.3 Å². The van der Waals surface area contributed by atoms with Crippen LogP contribution in [0.5, 0.6) is 5.75 Å². The van der Waals surface area contributed by atoms with Crippen LogP contribution in [0.2, 0.25) is 0 Å². The molecule has 0 saturated carbocycles. The Bertz CT molecular complexity index is 501.